The minimum atomic E-state index is -0.709. The zero-order valence-corrected chi connectivity index (χ0v) is 10.2. The number of nitrogens with zero attached hydrogens (tertiary/aromatic N) is 1. The lowest BCUT2D eigenvalue weighted by molar-refractivity contribution is 0.593. The van der Waals surface area contributed by atoms with Gasteiger partial charge in [-0.3, -0.25) is 4.98 Å². The molecule has 0 fully saturated rings. The summed E-state index contributed by atoms with van der Waals surface area (Å²) < 4.78 is 13.6. The summed E-state index contributed by atoms with van der Waals surface area (Å²) in [7, 11) is 0. The van der Waals surface area contributed by atoms with Gasteiger partial charge in [0, 0.05) is 27.4 Å². The van der Waals surface area contributed by atoms with E-state index in [0.29, 0.717) is 21.2 Å². The van der Waals surface area contributed by atoms with E-state index in [0.717, 1.165) is 6.20 Å². The highest BCUT2D eigenvalue weighted by atomic mass is 35.5. The Kier molecular flexibility index (Phi) is 3.62. The van der Waals surface area contributed by atoms with Gasteiger partial charge in [0.2, 0.25) is 0 Å². The van der Waals surface area contributed by atoms with Crippen molar-refractivity contribution in [1.82, 2.24) is 4.98 Å². The molecule has 0 saturated carbocycles. The van der Waals surface area contributed by atoms with E-state index in [1.54, 1.807) is 18.2 Å². The van der Waals surface area contributed by atoms with E-state index in [9.17, 15) is 4.39 Å². The van der Waals surface area contributed by atoms with Crippen LogP contribution in [0.5, 0.6) is 0 Å². The van der Waals surface area contributed by atoms with Crippen LogP contribution in [0, 0.1) is 5.82 Å². The summed E-state index contributed by atoms with van der Waals surface area (Å²) in [6, 6.07) is 5.85. The van der Waals surface area contributed by atoms with Crippen molar-refractivity contribution in [3.05, 3.63) is 63.6 Å². The predicted octanol–water partition coefficient (Wildman–Crippen LogP) is 3.58. The first-order valence-corrected chi connectivity index (χ1v) is 5.65. The zero-order valence-electron chi connectivity index (χ0n) is 8.70. The number of halogens is 3. The number of benzene rings is 1. The summed E-state index contributed by atoms with van der Waals surface area (Å²) in [5.74, 6) is -0.476. The number of pyridine rings is 1. The van der Waals surface area contributed by atoms with Crippen molar-refractivity contribution >= 4 is 23.2 Å². The van der Waals surface area contributed by atoms with Crippen LogP contribution in [0.3, 0.4) is 0 Å². The highest BCUT2D eigenvalue weighted by Crippen LogP contribution is 2.33. The molecule has 1 atom stereocenters. The summed E-state index contributed by atoms with van der Waals surface area (Å²) >= 11 is 12.0. The van der Waals surface area contributed by atoms with Crippen LogP contribution in [0.4, 0.5) is 4.39 Å². The van der Waals surface area contributed by atoms with Gasteiger partial charge in [0.25, 0.3) is 0 Å². The molecule has 0 saturated heterocycles. The van der Waals surface area contributed by atoms with Crippen molar-refractivity contribution < 1.29 is 4.39 Å². The van der Waals surface area contributed by atoms with E-state index in [1.165, 1.54) is 12.3 Å². The van der Waals surface area contributed by atoms with E-state index in [1.807, 2.05) is 0 Å². The smallest absolute Gasteiger partial charge is 0.146 e. The summed E-state index contributed by atoms with van der Waals surface area (Å²) in [5, 5.41) is 0.836. The van der Waals surface area contributed by atoms with Crippen molar-refractivity contribution in [1.29, 1.82) is 0 Å². The maximum Gasteiger partial charge on any atom is 0.146 e. The van der Waals surface area contributed by atoms with Crippen molar-refractivity contribution in [2.45, 2.75) is 6.04 Å². The van der Waals surface area contributed by atoms with Crippen LogP contribution in [-0.4, -0.2) is 4.98 Å². The normalized spacial score (nSPS) is 12.5. The lowest BCUT2D eigenvalue weighted by atomic mass is 10.00. The molecular formula is C12H9Cl2FN2. The lowest BCUT2D eigenvalue weighted by Gasteiger charge is -2.16. The molecule has 0 aliphatic rings. The van der Waals surface area contributed by atoms with Gasteiger partial charge in [-0.2, -0.15) is 0 Å². The van der Waals surface area contributed by atoms with Crippen LogP contribution in [0.2, 0.25) is 10.0 Å². The van der Waals surface area contributed by atoms with Crippen LogP contribution in [0.1, 0.15) is 17.2 Å². The van der Waals surface area contributed by atoms with Gasteiger partial charge in [0.05, 0.1) is 12.2 Å². The zero-order chi connectivity index (χ0) is 12.4. The summed E-state index contributed by atoms with van der Waals surface area (Å²) in [5.41, 5.74) is 6.81. The minimum absolute atomic E-state index is 0.315. The Balaban J connectivity index is 2.51. The average Bonchev–Trinajstić information content (AvgIpc) is 2.29. The molecule has 2 aromatic rings. The maximum absolute atomic E-state index is 13.6. The van der Waals surface area contributed by atoms with E-state index in [4.69, 9.17) is 28.9 Å². The first-order chi connectivity index (χ1) is 8.11. The Morgan fingerprint density at radius 3 is 2.41 bits per heavy atom. The second kappa shape index (κ2) is 5.00. The second-order valence-corrected chi connectivity index (χ2v) is 4.32. The highest BCUT2D eigenvalue weighted by molar-refractivity contribution is 6.36. The standard InChI is InChI=1S/C12H9Cl2FN2/c13-8-2-1-3-9(14)11(8)12(16)7-4-5-17-6-10(7)15/h1-6,12H,16H2. The highest BCUT2D eigenvalue weighted by Gasteiger charge is 2.18. The quantitative estimate of drug-likeness (QED) is 0.906. The fraction of sp³-hybridized carbons (Fsp3) is 0.0833. The summed E-state index contributed by atoms with van der Waals surface area (Å²) in [6.07, 6.45) is 2.59. The van der Waals surface area contributed by atoms with Crippen molar-refractivity contribution in [2.24, 2.45) is 5.73 Å². The molecule has 5 heteroatoms. The molecule has 1 unspecified atom stereocenters. The van der Waals surface area contributed by atoms with Gasteiger partial charge >= 0.3 is 0 Å². The van der Waals surface area contributed by atoms with E-state index in [-0.39, 0.29) is 0 Å². The largest absolute Gasteiger partial charge is 0.320 e. The lowest BCUT2D eigenvalue weighted by Crippen LogP contribution is -2.14. The number of rotatable bonds is 2. The van der Waals surface area contributed by atoms with Crippen LogP contribution < -0.4 is 5.73 Å². The minimum Gasteiger partial charge on any atom is -0.320 e. The molecular weight excluding hydrogens is 262 g/mol. The van der Waals surface area contributed by atoms with E-state index >= 15 is 0 Å². The third-order valence-corrected chi connectivity index (χ3v) is 3.11. The number of hydrogen-bond donors (Lipinski definition) is 1. The van der Waals surface area contributed by atoms with Crippen LogP contribution in [0.15, 0.2) is 36.7 Å². The maximum atomic E-state index is 13.6. The van der Waals surface area contributed by atoms with Gasteiger partial charge in [-0.1, -0.05) is 29.3 Å². The first-order valence-electron chi connectivity index (χ1n) is 4.90. The van der Waals surface area contributed by atoms with Gasteiger partial charge in [-0.25, -0.2) is 4.39 Å². The number of hydrogen-bond acceptors (Lipinski definition) is 2. The molecule has 0 bridgehead atoms. The summed E-state index contributed by atoms with van der Waals surface area (Å²) in [4.78, 5) is 3.67. The number of nitrogens with two attached hydrogens (primary N) is 1. The molecule has 2 nitrogen and oxygen atoms in total. The molecule has 2 N–H and O–H groups in total. The Morgan fingerprint density at radius 1 is 1.18 bits per heavy atom. The fourth-order valence-corrected chi connectivity index (χ4v) is 2.23. The molecule has 88 valence electrons. The van der Waals surface area contributed by atoms with Crippen molar-refractivity contribution in [3.8, 4) is 0 Å². The molecule has 1 aromatic heterocycles. The van der Waals surface area contributed by atoms with Gasteiger partial charge in [-0.05, 0) is 18.2 Å². The van der Waals surface area contributed by atoms with Gasteiger partial charge in [-0.15, -0.1) is 0 Å². The third-order valence-electron chi connectivity index (χ3n) is 2.45. The van der Waals surface area contributed by atoms with Gasteiger partial charge in [0.15, 0.2) is 0 Å². The average molecular weight is 271 g/mol. The van der Waals surface area contributed by atoms with Crippen LogP contribution >= 0.6 is 23.2 Å². The Hall–Kier alpha value is -1.16. The molecule has 0 aliphatic heterocycles. The summed E-state index contributed by atoms with van der Waals surface area (Å²) in [6.45, 7) is 0. The topological polar surface area (TPSA) is 38.9 Å². The third kappa shape index (κ3) is 2.41. The molecule has 0 radical (unpaired) electrons. The SMILES string of the molecule is NC(c1ccncc1F)c1c(Cl)cccc1Cl. The van der Waals surface area contributed by atoms with Gasteiger partial charge in [0.1, 0.15) is 5.82 Å². The van der Waals surface area contributed by atoms with E-state index < -0.39 is 11.9 Å². The van der Waals surface area contributed by atoms with Crippen LogP contribution in [-0.2, 0) is 0 Å². The Morgan fingerprint density at radius 2 is 1.82 bits per heavy atom. The first kappa shape index (κ1) is 12.3. The molecule has 0 spiro atoms. The fourth-order valence-electron chi connectivity index (χ4n) is 1.60. The molecule has 0 amide bonds. The number of aromatic nitrogens is 1. The Bertz CT molecular complexity index is 526. The molecule has 2 rings (SSSR count). The monoisotopic (exact) mass is 270 g/mol. The van der Waals surface area contributed by atoms with Crippen molar-refractivity contribution in [3.63, 3.8) is 0 Å². The molecule has 1 heterocycles. The molecule has 0 aliphatic carbocycles. The van der Waals surface area contributed by atoms with Gasteiger partial charge < -0.3 is 5.73 Å². The Labute approximate surface area is 108 Å². The second-order valence-electron chi connectivity index (χ2n) is 3.51. The molecule has 17 heavy (non-hydrogen) atoms. The van der Waals surface area contributed by atoms with Crippen molar-refractivity contribution in [2.75, 3.05) is 0 Å². The predicted molar refractivity (Wildman–Crippen MR) is 66.7 cm³/mol. The van der Waals surface area contributed by atoms with E-state index in [2.05, 4.69) is 4.98 Å². The van der Waals surface area contributed by atoms with Crippen LogP contribution in [0.25, 0.3) is 0 Å². The molecule has 1 aromatic carbocycles.